The average molecular weight is 296 g/mol. The Balaban J connectivity index is 2.77. The Morgan fingerprint density at radius 2 is 2.05 bits per heavy atom. The van der Waals surface area contributed by atoms with Crippen LogP contribution in [0, 0.1) is 12.3 Å². The fourth-order valence-corrected chi connectivity index (χ4v) is 2.54. The highest BCUT2D eigenvalue weighted by molar-refractivity contribution is 7.87. The third-order valence-electron chi connectivity index (χ3n) is 2.57. The van der Waals surface area contributed by atoms with E-state index in [-0.39, 0.29) is 13.0 Å². The summed E-state index contributed by atoms with van der Waals surface area (Å²) in [5.74, 6) is 0.828. The van der Waals surface area contributed by atoms with E-state index in [1.807, 2.05) is 6.07 Å². The lowest BCUT2D eigenvalue weighted by Crippen LogP contribution is -2.46. The maximum absolute atomic E-state index is 12.0. The van der Waals surface area contributed by atoms with Crippen LogP contribution in [0.3, 0.4) is 0 Å². The fraction of sp³-hybridized carbons (Fsp3) is 0.308. The number of carbonyl (C=O) groups is 1. The van der Waals surface area contributed by atoms with Crippen molar-refractivity contribution in [2.24, 2.45) is 0 Å². The van der Waals surface area contributed by atoms with Crippen LogP contribution in [0.15, 0.2) is 30.3 Å². The summed E-state index contributed by atoms with van der Waals surface area (Å²) in [4.78, 5) is 10.9. The van der Waals surface area contributed by atoms with Gasteiger partial charge in [0.05, 0.1) is 0 Å². The monoisotopic (exact) mass is 296 g/mol. The van der Waals surface area contributed by atoms with E-state index in [1.54, 1.807) is 24.3 Å². The van der Waals surface area contributed by atoms with E-state index in [2.05, 4.69) is 10.6 Å². The van der Waals surface area contributed by atoms with Crippen molar-refractivity contribution in [2.45, 2.75) is 19.0 Å². The maximum atomic E-state index is 12.0. The molecule has 1 rings (SSSR count). The summed E-state index contributed by atoms with van der Waals surface area (Å²) in [6, 6.07) is 7.64. The highest BCUT2D eigenvalue weighted by Crippen LogP contribution is 2.07. The van der Waals surface area contributed by atoms with Crippen molar-refractivity contribution >= 4 is 16.2 Å². The number of nitrogens with zero attached hydrogens (tertiary/aromatic N) is 1. The zero-order chi connectivity index (χ0) is 15.2. The van der Waals surface area contributed by atoms with Crippen LogP contribution in [0.1, 0.15) is 12.0 Å². The van der Waals surface area contributed by atoms with E-state index >= 15 is 0 Å². The molecule has 0 aromatic heterocycles. The van der Waals surface area contributed by atoms with Gasteiger partial charge in [-0.25, -0.2) is 0 Å². The van der Waals surface area contributed by atoms with Gasteiger partial charge >= 0.3 is 5.97 Å². The third-order valence-corrected chi connectivity index (χ3v) is 4.10. The normalized spacial score (nSPS) is 12.8. The van der Waals surface area contributed by atoms with Crippen molar-refractivity contribution in [2.75, 3.05) is 7.05 Å². The number of carboxylic acid groups (broad SMARTS) is 1. The molecule has 7 heteroatoms. The topological polar surface area (TPSA) is 86.7 Å². The van der Waals surface area contributed by atoms with Gasteiger partial charge in [-0.3, -0.25) is 4.79 Å². The third kappa shape index (κ3) is 4.66. The molecule has 0 fully saturated rings. The van der Waals surface area contributed by atoms with Gasteiger partial charge in [0.2, 0.25) is 0 Å². The molecule has 0 bridgehead atoms. The number of carboxylic acids is 1. The molecule has 108 valence electrons. The number of terminal acetylenes is 1. The molecule has 1 aromatic rings. The van der Waals surface area contributed by atoms with Gasteiger partial charge in [0, 0.05) is 20.0 Å². The molecule has 0 aliphatic heterocycles. The van der Waals surface area contributed by atoms with Crippen LogP contribution in [-0.2, 0) is 21.5 Å². The summed E-state index contributed by atoms with van der Waals surface area (Å²) in [6.45, 7) is 0.137. The van der Waals surface area contributed by atoms with Crippen molar-refractivity contribution in [3.05, 3.63) is 35.9 Å². The van der Waals surface area contributed by atoms with Crippen molar-refractivity contribution in [3.63, 3.8) is 0 Å². The predicted octanol–water partition coefficient (Wildman–Crippen LogP) is 0.429. The van der Waals surface area contributed by atoms with E-state index in [0.29, 0.717) is 0 Å². The Morgan fingerprint density at radius 3 is 2.55 bits per heavy atom. The Kier molecular flexibility index (Phi) is 5.70. The fourth-order valence-electron chi connectivity index (χ4n) is 1.49. The molecule has 1 atom stereocenters. The summed E-state index contributed by atoms with van der Waals surface area (Å²) in [5, 5.41) is 8.90. The molecule has 1 unspecified atom stereocenters. The second kappa shape index (κ2) is 7.05. The zero-order valence-corrected chi connectivity index (χ0v) is 11.8. The molecule has 6 nitrogen and oxygen atoms in total. The molecule has 0 saturated heterocycles. The number of hydrogen-bond acceptors (Lipinski definition) is 3. The Labute approximate surface area is 118 Å². The van der Waals surface area contributed by atoms with Gasteiger partial charge in [-0.1, -0.05) is 30.3 Å². The zero-order valence-electron chi connectivity index (χ0n) is 11.0. The maximum Gasteiger partial charge on any atom is 0.322 e. The Hall–Kier alpha value is -1.88. The van der Waals surface area contributed by atoms with Gasteiger partial charge in [-0.2, -0.15) is 17.4 Å². The quantitative estimate of drug-likeness (QED) is 0.714. The van der Waals surface area contributed by atoms with Crippen LogP contribution in [0.25, 0.3) is 0 Å². The van der Waals surface area contributed by atoms with E-state index in [0.717, 1.165) is 9.87 Å². The van der Waals surface area contributed by atoms with Crippen molar-refractivity contribution in [1.82, 2.24) is 9.03 Å². The minimum Gasteiger partial charge on any atom is -0.480 e. The molecule has 2 N–H and O–H groups in total. The van der Waals surface area contributed by atoms with Gasteiger partial charge < -0.3 is 5.11 Å². The van der Waals surface area contributed by atoms with Crippen LogP contribution >= 0.6 is 0 Å². The molecule has 0 spiro atoms. The smallest absolute Gasteiger partial charge is 0.322 e. The van der Waals surface area contributed by atoms with E-state index in [1.165, 1.54) is 7.05 Å². The Bertz CT molecular complexity index is 593. The van der Waals surface area contributed by atoms with Crippen molar-refractivity contribution in [3.8, 4) is 12.3 Å². The van der Waals surface area contributed by atoms with Crippen molar-refractivity contribution in [1.29, 1.82) is 0 Å². The van der Waals surface area contributed by atoms with Crippen LogP contribution in [0.2, 0.25) is 0 Å². The summed E-state index contributed by atoms with van der Waals surface area (Å²) < 4.78 is 27.1. The molecule has 20 heavy (non-hydrogen) atoms. The molecular weight excluding hydrogens is 280 g/mol. The molecular formula is C13H16N2O4S. The number of benzene rings is 1. The number of rotatable bonds is 7. The first-order valence-corrected chi connectivity index (χ1v) is 7.24. The number of aliphatic carboxylic acids is 1. The van der Waals surface area contributed by atoms with Gasteiger partial charge in [0.25, 0.3) is 10.2 Å². The minimum atomic E-state index is -3.92. The van der Waals surface area contributed by atoms with Crippen LogP contribution in [-0.4, -0.2) is 36.9 Å². The van der Waals surface area contributed by atoms with Gasteiger partial charge in [0.1, 0.15) is 6.04 Å². The molecule has 0 radical (unpaired) electrons. The summed E-state index contributed by atoms with van der Waals surface area (Å²) in [7, 11) is -2.55. The predicted molar refractivity (Wildman–Crippen MR) is 74.8 cm³/mol. The highest BCUT2D eigenvalue weighted by atomic mass is 32.2. The standard InChI is InChI=1S/C13H16N2O4S/c1-3-7-12(13(16)17)14-20(18,19)15(2)10-11-8-5-4-6-9-11/h1,4-6,8-9,12,14H,7,10H2,2H3,(H,16,17). The van der Waals surface area contributed by atoms with Crippen LogP contribution in [0.4, 0.5) is 0 Å². The first-order valence-electron chi connectivity index (χ1n) is 5.80. The molecule has 1 aromatic carbocycles. The lowest BCUT2D eigenvalue weighted by molar-refractivity contribution is -0.138. The van der Waals surface area contributed by atoms with Crippen LogP contribution < -0.4 is 4.72 Å². The largest absolute Gasteiger partial charge is 0.480 e. The van der Waals surface area contributed by atoms with Gasteiger partial charge in [0.15, 0.2) is 0 Å². The number of hydrogen-bond donors (Lipinski definition) is 2. The first kappa shape index (κ1) is 16.2. The van der Waals surface area contributed by atoms with E-state index in [4.69, 9.17) is 11.5 Å². The van der Waals surface area contributed by atoms with Crippen LogP contribution in [0.5, 0.6) is 0 Å². The SMILES string of the molecule is C#CCC(NS(=O)(=O)N(C)Cc1ccccc1)C(=O)O. The second-order valence-corrected chi connectivity index (χ2v) is 5.97. The average Bonchev–Trinajstić information content (AvgIpc) is 2.39. The highest BCUT2D eigenvalue weighted by Gasteiger charge is 2.26. The summed E-state index contributed by atoms with van der Waals surface area (Å²) in [5.41, 5.74) is 0.796. The lowest BCUT2D eigenvalue weighted by atomic mass is 10.2. The molecule has 0 saturated carbocycles. The van der Waals surface area contributed by atoms with Gasteiger partial charge in [-0.15, -0.1) is 12.3 Å². The van der Waals surface area contributed by atoms with Crippen molar-refractivity contribution < 1.29 is 18.3 Å². The minimum absolute atomic E-state index is 0.137. The Morgan fingerprint density at radius 1 is 1.45 bits per heavy atom. The summed E-state index contributed by atoms with van der Waals surface area (Å²) >= 11 is 0. The number of nitrogens with one attached hydrogen (secondary N) is 1. The second-order valence-electron chi connectivity index (χ2n) is 4.16. The molecule has 0 aliphatic rings. The van der Waals surface area contributed by atoms with Gasteiger partial charge in [-0.05, 0) is 5.56 Å². The molecule has 0 amide bonds. The van der Waals surface area contributed by atoms with E-state index in [9.17, 15) is 13.2 Å². The first-order chi connectivity index (χ1) is 9.36. The lowest BCUT2D eigenvalue weighted by Gasteiger charge is -2.20. The van der Waals surface area contributed by atoms with E-state index < -0.39 is 22.2 Å². The molecule has 0 aliphatic carbocycles. The molecule has 0 heterocycles. The summed E-state index contributed by atoms with van der Waals surface area (Å²) in [6.07, 6.45) is 4.81.